The van der Waals surface area contributed by atoms with E-state index < -0.39 is 0 Å². The summed E-state index contributed by atoms with van der Waals surface area (Å²) in [5.74, 6) is 1.26. The van der Waals surface area contributed by atoms with E-state index in [0.29, 0.717) is 11.7 Å². The number of pyridine rings is 1. The van der Waals surface area contributed by atoms with Gasteiger partial charge in [-0.2, -0.15) is 0 Å². The van der Waals surface area contributed by atoms with Crippen molar-refractivity contribution in [3.63, 3.8) is 0 Å². The third-order valence-electron chi connectivity index (χ3n) is 8.52. The maximum absolute atomic E-state index is 6.40. The van der Waals surface area contributed by atoms with Gasteiger partial charge in [-0.15, -0.1) is 0 Å². The van der Waals surface area contributed by atoms with Gasteiger partial charge in [-0.05, 0) is 36.4 Å². The molecule has 47 heavy (non-hydrogen) atoms. The maximum atomic E-state index is 6.40. The van der Waals surface area contributed by atoms with Gasteiger partial charge in [0.2, 0.25) is 5.89 Å². The molecule has 0 aliphatic heterocycles. The molecule has 0 aliphatic rings. The summed E-state index contributed by atoms with van der Waals surface area (Å²) in [7, 11) is 0. The Kier molecular flexibility index (Phi) is 6.39. The number of aromatic nitrogens is 4. The molecule has 5 heteroatoms. The van der Waals surface area contributed by atoms with Gasteiger partial charge in [0, 0.05) is 44.0 Å². The number of oxazole rings is 1. The van der Waals surface area contributed by atoms with Crippen LogP contribution in [0.15, 0.2) is 162 Å². The highest BCUT2D eigenvalue weighted by Crippen LogP contribution is 2.38. The highest BCUT2D eigenvalue weighted by molar-refractivity contribution is 6.20. The Morgan fingerprint density at radius 1 is 0.404 bits per heavy atom. The average molecular weight is 603 g/mol. The van der Waals surface area contributed by atoms with Crippen LogP contribution in [0.3, 0.4) is 0 Å². The predicted molar refractivity (Wildman–Crippen MR) is 190 cm³/mol. The first-order valence-corrected chi connectivity index (χ1v) is 15.6. The SMILES string of the molecule is c1ccc(-c2cc(-c3ccc(-c4nc5c(ccc6c(-c7ccccc7)nc7ccccc7c65)o4)cc3)nc(-c3ccccc3)n2)cc1. The fourth-order valence-electron chi connectivity index (χ4n) is 6.22. The second-order valence-corrected chi connectivity index (χ2v) is 11.5. The summed E-state index contributed by atoms with van der Waals surface area (Å²) in [6, 6.07) is 53.2. The zero-order valence-corrected chi connectivity index (χ0v) is 25.2. The van der Waals surface area contributed by atoms with Crippen LogP contribution in [0.1, 0.15) is 0 Å². The minimum atomic E-state index is 0.568. The Morgan fingerprint density at radius 2 is 0.979 bits per heavy atom. The van der Waals surface area contributed by atoms with Gasteiger partial charge in [-0.1, -0.05) is 121 Å². The first kappa shape index (κ1) is 26.9. The van der Waals surface area contributed by atoms with Gasteiger partial charge in [0.25, 0.3) is 0 Å². The van der Waals surface area contributed by atoms with Crippen LogP contribution in [0.5, 0.6) is 0 Å². The van der Waals surface area contributed by atoms with Crippen molar-refractivity contribution in [2.45, 2.75) is 0 Å². The number of hydrogen-bond acceptors (Lipinski definition) is 5. The molecule has 5 nitrogen and oxygen atoms in total. The number of fused-ring (bicyclic) bond motifs is 5. The third kappa shape index (κ3) is 4.82. The van der Waals surface area contributed by atoms with Crippen molar-refractivity contribution in [3.8, 4) is 56.6 Å². The molecule has 0 radical (unpaired) electrons. The third-order valence-corrected chi connectivity index (χ3v) is 8.52. The number of benzene rings is 6. The minimum absolute atomic E-state index is 0.568. The van der Waals surface area contributed by atoms with Crippen molar-refractivity contribution >= 4 is 32.8 Å². The molecule has 0 unspecified atom stereocenters. The van der Waals surface area contributed by atoms with Gasteiger partial charge < -0.3 is 4.42 Å². The highest BCUT2D eigenvalue weighted by Gasteiger charge is 2.18. The fraction of sp³-hybridized carbons (Fsp3) is 0. The maximum Gasteiger partial charge on any atom is 0.227 e. The Hall–Kier alpha value is -6.46. The molecule has 0 N–H and O–H groups in total. The zero-order valence-electron chi connectivity index (χ0n) is 25.2. The van der Waals surface area contributed by atoms with Gasteiger partial charge in [-0.25, -0.2) is 19.9 Å². The molecule has 0 spiro atoms. The van der Waals surface area contributed by atoms with Crippen LogP contribution in [0.25, 0.3) is 89.4 Å². The van der Waals surface area contributed by atoms with Crippen LogP contribution < -0.4 is 0 Å². The molecule has 3 heterocycles. The molecule has 0 saturated carbocycles. The molecule has 0 bridgehead atoms. The smallest absolute Gasteiger partial charge is 0.227 e. The van der Waals surface area contributed by atoms with Crippen molar-refractivity contribution < 1.29 is 4.42 Å². The number of nitrogens with zero attached hydrogens (tertiary/aromatic N) is 4. The van der Waals surface area contributed by atoms with E-state index in [1.807, 2.05) is 103 Å². The van der Waals surface area contributed by atoms with Crippen LogP contribution in [0.2, 0.25) is 0 Å². The quantitative estimate of drug-likeness (QED) is 0.183. The average Bonchev–Trinajstić information content (AvgIpc) is 3.60. The zero-order chi connectivity index (χ0) is 31.2. The Morgan fingerprint density at radius 3 is 1.68 bits per heavy atom. The van der Waals surface area contributed by atoms with Gasteiger partial charge in [0.05, 0.1) is 22.6 Å². The molecule has 0 atom stereocenters. The topological polar surface area (TPSA) is 64.7 Å². The summed E-state index contributed by atoms with van der Waals surface area (Å²) in [5.41, 5.74) is 10.1. The molecule has 220 valence electrons. The molecule has 3 aromatic heterocycles. The first-order valence-electron chi connectivity index (χ1n) is 15.6. The van der Waals surface area contributed by atoms with Gasteiger partial charge in [-0.3, -0.25) is 0 Å². The lowest BCUT2D eigenvalue weighted by Gasteiger charge is -2.10. The van der Waals surface area contributed by atoms with E-state index in [-0.39, 0.29) is 0 Å². The molecular formula is C42H26N4O. The van der Waals surface area contributed by atoms with Crippen LogP contribution in [-0.4, -0.2) is 19.9 Å². The molecular weight excluding hydrogens is 576 g/mol. The largest absolute Gasteiger partial charge is 0.436 e. The molecule has 0 amide bonds. The molecule has 9 aromatic rings. The van der Waals surface area contributed by atoms with Crippen molar-refractivity contribution in [1.82, 2.24) is 19.9 Å². The molecule has 0 fully saturated rings. The molecule has 0 aliphatic carbocycles. The second-order valence-electron chi connectivity index (χ2n) is 11.5. The number of hydrogen-bond donors (Lipinski definition) is 0. The van der Waals surface area contributed by atoms with Crippen molar-refractivity contribution in [3.05, 3.63) is 158 Å². The predicted octanol–water partition coefficient (Wildman–Crippen LogP) is 10.7. The van der Waals surface area contributed by atoms with Crippen molar-refractivity contribution in [2.75, 3.05) is 0 Å². The lowest BCUT2D eigenvalue weighted by atomic mass is 9.99. The lowest BCUT2D eigenvalue weighted by Crippen LogP contribution is -1.95. The van der Waals surface area contributed by atoms with Gasteiger partial charge in [0.1, 0.15) is 5.52 Å². The fourth-order valence-corrected chi connectivity index (χ4v) is 6.22. The normalized spacial score (nSPS) is 11.4. The molecule has 0 saturated heterocycles. The minimum Gasteiger partial charge on any atom is -0.436 e. The highest BCUT2D eigenvalue weighted by atomic mass is 16.3. The van der Waals surface area contributed by atoms with E-state index in [2.05, 4.69) is 54.6 Å². The summed E-state index contributed by atoms with van der Waals surface area (Å²) in [6.45, 7) is 0. The summed E-state index contributed by atoms with van der Waals surface area (Å²) in [4.78, 5) is 20.0. The summed E-state index contributed by atoms with van der Waals surface area (Å²) >= 11 is 0. The Balaban J connectivity index is 1.16. The van der Waals surface area contributed by atoms with E-state index in [1.165, 1.54) is 0 Å². The van der Waals surface area contributed by atoms with Gasteiger partial charge in [0.15, 0.2) is 11.4 Å². The van der Waals surface area contributed by atoms with E-state index in [1.54, 1.807) is 0 Å². The van der Waals surface area contributed by atoms with E-state index >= 15 is 0 Å². The van der Waals surface area contributed by atoms with E-state index in [9.17, 15) is 0 Å². The standard InChI is InChI=1S/C42H26N4O/c1-4-12-27(13-5-1)35-26-36(45-41(44-35)30-16-8-3-9-17-30)28-20-22-31(23-21-28)42-46-40-37(47-42)25-24-33-38(40)32-18-10-11-19-34(32)43-39(33)29-14-6-2-7-15-29/h1-26H. The van der Waals surface area contributed by atoms with Crippen LogP contribution >= 0.6 is 0 Å². The first-order chi connectivity index (χ1) is 23.3. The summed E-state index contributed by atoms with van der Waals surface area (Å²) in [5, 5.41) is 3.14. The lowest BCUT2D eigenvalue weighted by molar-refractivity contribution is 0.620. The summed E-state index contributed by atoms with van der Waals surface area (Å²) in [6.07, 6.45) is 0. The van der Waals surface area contributed by atoms with Crippen molar-refractivity contribution in [2.24, 2.45) is 0 Å². The number of rotatable bonds is 5. The Labute approximate surface area is 270 Å². The van der Waals surface area contributed by atoms with Gasteiger partial charge >= 0.3 is 0 Å². The Bertz CT molecular complexity index is 2490. The van der Waals surface area contributed by atoms with E-state index in [0.717, 1.165) is 77.7 Å². The monoisotopic (exact) mass is 602 g/mol. The summed E-state index contributed by atoms with van der Waals surface area (Å²) < 4.78 is 6.40. The van der Waals surface area contributed by atoms with Crippen LogP contribution in [0.4, 0.5) is 0 Å². The number of para-hydroxylation sites is 1. The van der Waals surface area contributed by atoms with Crippen molar-refractivity contribution in [1.29, 1.82) is 0 Å². The second kappa shape index (κ2) is 11.2. The molecule has 6 aromatic carbocycles. The van der Waals surface area contributed by atoms with Crippen LogP contribution in [-0.2, 0) is 0 Å². The van der Waals surface area contributed by atoms with E-state index in [4.69, 9.17) is 24.4 Å². The van der Waals surface area contributed by atoms with Crippen LogP contribution in [0, 0.1) is 0 Å². The molecule has 9 rings (SSSR count).